The summed E-state index contributed by atoms with van der Waals surface area (Å²) in [6, 6.07) is 35.7. The maximum absolute atomic E-state index is 12.2. The average Bonchev–Trinajstić information content (AvgIpc) is 3.10. The summed E-state index contributed by atoms with van der Waals surface area (Å²) >= 11 is 0. The van der Waals surface area contributed by atoms with Crippen molar-refractivity contribution in [2.45, 2.75) is 67.2 Å². The van der Waals surface area contributed by atoms with Crippen LogP contribution in [0.25, 0.3) is 54.3 Å². The van der Waals surface area contributed by atoms with E-state index >= 15 is 0 Å². The largest absolute Gasteiger partial charge is 0.512 e. The van der Waals surface area contributed by atoms with E-state index in [1.165, 1.54) is 38.4 Å². The molecule has 46 heavy (non-hydrogen) atoms. The molecule has 0 saturated heterocycles. The van der Waals surface area contributed by atoms with Gasteiger partial charge in [-0.25, -0.2) is 0 Å². The Morgan fingerprint density at radius 1 is 0.674 bits per heavy atom. The third-order valence-electron chi connectivity index (χ3n) is 10.2. The van der Waals surface area contributed by atoms with Crippen LogP contribution in [0.5, 0.6) is 0 Å². The van der Waals surface area contributed by atoms with Crippen molar-refractivity contribution in [2.75, 3.05) is 0 Å². The van der Waals surface area contributed by atoms with E-state index in [1.807, 2.05) is 47.7 Å². The van der Waals surface area contributed by atoms with Gasteiger partial charge in [0.05, 0.1) is 0 Å². The molecule has 0 unspecified atom stereocenters. The van der Waals surface area contributed by atoms with Crippen LogP contribution in [0.3, 0.4) is 0 Å². The van der Waals surface area contributed by atoms with Gasteiger partial charge in [0, 0.05) is 48.9 Å². The Morgan fingerprint density at radius 3 is 1.87 bits per heavy atom. The Labute approximate surface area is 287 Å². The van der Waals surface area contributed by atoms with Crippen molar-refractivity contribution in [3.05, 3.63) is 115 Å². The predicted molar refractivity (Wildman–Crippen MR) is 192 cm³/mol. The number of ketones is 1. The molecule has 6 aromatic rings. The molecule has 6 rings (SSSR count). The van der Waals surface area contributed by atoms with Crippen molar-refractivity contribution in [3.8, 4) is 11.3 Å². The van der Waals surface area contributed by atoms with Gasteiger partial charge in [-0.1, -0.05) is 142 Å². The Hall–Kier alpha value is -3.85. The molecule has 3 nitrogen and oxygen atoms in total. The Kier molecular flexibility index (Phi) is 11.2. The van der Waals surface area contributed by atoms with Crippen LogP contribution in [-0.4, -0.2) is 15.9 Å². The first-order valence-electron chi connectivity index (χ1n) is 16.2. The number of hydrogen-bond donors (Lipinski definition) is 1. The summed E-state index contributed by atoms with van der Waals surface area (Å²) in [5.41, 5.74) is 1.45. The van der Waals surface area contributed by atoms with Gasteiger partial charge in [-0.15, -0.1) is 17.5 Å². The molecule has 0 fully saturated rings. The number of carbonyl (C=O) groups is 1. The molecule has 0 aliphatic rings. The van der Waals surface area contributed by atoms with Gasteiger partial charge in [0.2, 0.25) is 0 Å². The number of hydrogen-bond acceptors (Lipinski definition) is 3. The zero-order valence-electron chi connectivity index (χ0n) is 27.8. The zero-order chi connectivity index (χ0) is 32.2. The number of pyridine rings is 1. The topological polar surface area (TPSA) is 50.2 Å². The van der Waals surface area contributed by atoms with E-state index in [2.05, 4.69) is 97.1 Å². The number of fused-ring (bicyclic) bond motifs is 6. The van der Waals surface area contributed by atoms with Crippen molar-refractivity contribution in [1.82, 2.24) is 4.98 Å². The molecule has 0 atom stereocenters. The Balaban J connectivity index is 0.000000234. The van der Waals surface area contributed by atoms with E-state index < -0.39 is 0 Å². The van der Waals surface area contributed by atoms with Gasteiger partial charge < -0.3 is 5.11 Å². The van der Waals surface area contributed by atoms with Gasteiger partial charge in [0.25, 0.3) is 0 Å². The van der Waals surface area contributed by atoms with E-state index in [9.17, 15) is 9.90 Å². The fraction of sp³-hybridized carbons (Fsp3) is 0.286. The monoisotopic (exact) mass is 787 g/mol. The van der Waals surface area contributed by atoms with Crippen LogP contribution >= 0.6 is 0 Å². The zero-order valence-corrected chi connectivity index (χ0v) is 30.2. The molecule has 0 aliphatic heterocycles. The van der Waals surface area contributed by atoms with Gasteiger partial charge in [-0.3, -0.25) is 9.78 Å². The second kappa shape index (κ2) is 14.7. The second-order valence-electron chi connectivity index (χ2n) is 12.6. The first-order valence-corrected chi connectivity index (χ1v) is 16.2. The van der Waals surface area contributed by atoms with Crippen LogP contribution in [0.2, 0.25) is 0 Å². The van der Waals surface area contributed by atoms with Gasteiger partial charge in [-0.05, 0) is 53.3 Å². The van der Waals surface area contributed by atoms with Crippen LogP contribution in [0.15, 0.2) is 109 Å². The molecule has 0 bridgehead atoms. The van der Waals surface area contributed by atoms with E-state index in [4.69, 9.17) is 4.98 Å². The molecule has 0 amide bonds. The number of allylic oxidation sites excluding steroid dienone is 2. The van der Waals surface area contributed by atoms with Crippen LogP contribution in [0, 0.1) is 16.9 Å². The third kappa shape index (κ3) is 6.66. The van der Waals surface area contributed by atoms with E-state index in [0.29, 0.717) is 0 Å². The van der Waals surface area contributed by atoms with E-state index in [1.54, 1.807) is 0 Å². The van der Waals surface area contributed by atoms with Crippen molar-refractivity contribution < 1.29 is 30.0 Å². The number of aromatic nitrogens is 1. The first kappa shape index (κ1) is 35.0. The summed E-state index contributed by atoms with van der Waals surface area (Å²) < 4.78 is 0. The standard InChI is InChI=1S/C27H16N.C15H28O2.Ir/c1-3-9-20-18(7-1)13-14-25-24(20)15-16-28-27(25)26-17-19-8-2-4-10-21(19)22-11-5-6-12-23(22)26;1-7-14(5,8-2)12(16)11-13(17)15(6,9-3)10-4;/h1-16H;11,16H,7-10H2,1-6H3;/q-1;;/b;12-11-;. The van der Waals surface area contributed by atoms with Gasteiger partial charge in [0.1, 0.15) is 5.76 Å². The normalized spacial score (nSPS) is 12.2. The van der Waals surface area contributed by atoms with E-state index in [0.717, 1.165) is 47.7 Å². The molecule has 0 aliphatic carbocycles. The van der Waals surface area contributed by atoms with Crippen LogP contribution in [-0.2, 0) is 24.9 Å². The fourth-order valence-electron chi connectivity index (χ4n) is 5.97. The minimum Gasteiger partial charge on any atom is -0.512 e. The molecular formula is C42H44IrNO2-. The van der Waals surface area contributed by atoms with E-state index in [-0.39, 0.29) is 42.5 Å². The number of rotatable bonds is 8. The molecule has 5 aromatic carbocycles. The summed E-state index contributed by atoms with van der Waals surface area (Å²) in [7, 11) is 0. The molecule has 0 spiro atoms. The summed E-state index contributed by atoms with van der Waals surface area (Å²) in [6.07, 6.45) is 6.67. The molecule has 1 heterocycles. The van der Waals surface area contributed by atoms with Gasteiger partial charge in [-0.2, -0.15) is 0 Å². The minimum atomic E-state index is -0.337. The summed E-state index contributed by atoms with van der Waals surface area (Å²) in [5.74, 6) is 0.286. The second-order valence-corrected chi connectivity index (χ2v) is 12.6. The van der Waals surface area contributed by atoms with Crippen LogP contribution in [0.4, 0.5) is 0 Å². The number of carbonyl (C=O) groups excluding carboxylic acids is 1. The average molecular weight is 787 g/mol. The van der Waals surface area contributed by atoms with Crippen molar-refractivity contribution in [2.24, 2.45) is 10.8 Å². The molecule has 239 valence electrons. The summed E-state index contributed by atoms with van der Waals surface area (Å²) in [4.78, 5) is 17.0. The molecule has 1 aromatic heterocycles. The maximum atomic E-state index is 12.2. The minimum absolute atomic E-state index is 0. The SMILES string of the molecule is CCC(C)(CC)C(=O)/C=C(\O)C(C)(CC)CC.[Ir].[c-]1c(-c2nccc3c2ccc2ccccc23)c2ccccc2c2ccccc12. The number of benzene rings is 5. The summed E-state index contributed by atoms with van der Waals surface area (Å²) in [5, 5.41) is 19.8. The quantitative estimate of drug-likeness (QED) is 0.0723. The predicted octanol–water partition coefficient (Wildman–Crippen LogP) is 11.8. The Bertz CT molecular complexity index is 2020. The molecule has 0 saturated carbocycles. The van der Waals surface area contributed by atoms with Crippen LogP contribution in [0.1, 0.15) is 67.2 Å². The molecule has 4 heteroatoms. The Morgan fingerprint density at radius 2 is 1.22 bits per heavy atom. The molecule has 1 N–H and O–H groups in total. The molecule has 1 radical (unpaired) electrons. The third-order valence-corrected chi connectivity index (χ3v) is 10.2. The van der Waals surface area contributed by atoms with Crippen molar-refractivity contribution in [1.29, 1.82) is 0 Å². The number of nitrogens with zero attached hydrogens (tertiary/aromatic N) is 1. The van der Waals surface area contributed by atoms with Gasteiger partial charge in [0.15, 0.2) is 5.78 Å². The summed E-state index contributed by atoms with van der Waals surface area (Å²) in [6.45, 7) is 12.1. The maximum Gasteiger partial charge on any atom is 0.164 e. The number of aliphatic hydroxyl groups excluding tert-OH is 1. The van der Waals surface area contributed by atoms with Gasteiger partial charge >= 0.3 is 0 Å². The smallest absolute Gasteiger partial charge is 0.164 e. The van der Waals surface area contributed by atoms with Crippen LogP contribution < -0.4 is 0 Å². The number of aliphatic hydroxyl groups is 1. The molecular weight excluding hydrogens is 743 g/mol. The fourth-order valence-corrected chi connectivity index (χ4v) is 5.97. The van der Waals surface area contributed by atoms with Crippen molar-refractivity contribution >= 4 is 48.9 Å². The van der Waals surface area contributed by atoms with Crippen molar-refractivity contribution in [3.63, 3.8) is 0 Å². The first-order chi connectivity index (χ1) is 21.7.